The molecule has 19 heavy (non-hydrogen) atoms. The van der Waals surface area contributed by atoms with Gasteiger partial charge in [0.1, 0.15) is 0 Å². The minimum atomic E-state index is -0.439. The molecule has 0 saturated carbocycles. The van der Waals surface area contributed by atoms with Crippen molar-refractivity contribution in [3.05, 3.63) is 40.9 Å². The number of nitrogens with one attached hydrogen (secondary N) is 1. The number of anilines is 1. The van der Waals surface area contributed by atoms with E-state index in [1.807, 2.05) is 43.3 Å². The Morgan fingerprint density at radius 3 is 2.68 bits per heavy atom. The van der Waals surface area contributed by atoms with Crippen LogP contribution in [-0.4, -0.2) is 11.9 Å². The molecule has 3 N–H and O–H groups in total. The minimum absolute atomic E-state index is 0.127. The molecule has 100 valence electrons. The third-order valence-electron chi connectivity index (χ3n) is 3.01. The zero-order valence-electron chi connectivity index (χ0n) is 10.8. The van der Waals surface area contributed by atoms with Gasteiger partial charge in [0.15, 0.2) is 0 Å². The average Bonchev–Trinajstić information content (AvgIpc) is 2.39. The molecule has 3 nitrogen and oxygen atoms in total. The zero-order chi connectivity index (χ0) is 13.8. The van der Waals surface area contributed by atoms with Gasteiger partial charge in [-0.05, 0) is 41.5 Å². The molecule has 0 heterocycles. The van der Waals surface area contributed by atoms with Crippen LogP contribution in [0.1, 0.15) is 19.8 Å². The Hall–Kier alpha value is -1.39. The molecule has 2 aromatic rings. The fourth-order valence-electron chi connectivity index (χ4n) is 1.97. The van der Waals surface area contributed by atoms with Crippen LogP contribution in [0.5, 0.6) is 0 Å². The molecule has 0 aliphatic carbocycles. The number of carbonyl (C=O) groups excluding carboxylic acids is 1. The van der Waals surface area contributed by atoms with E-state index in [-0.39, 0.29) is 5.91 Å². The van der Waals surface area contributed by atoms with Crippen molar-refractivity contribution in [2.45, 2.75) is 25.8 Å². The molecule has 0 aromatic heterocycles. The Morgan fingerprint density at radius 2 is 1.95 bits per heavy atom. The molecule has 1 atom stereocenters. The van der Waals surface area contributed by atoms with Crippen molar-refractivity contribution in [1.29, 1.82) is 0 Å². The number of amides is 1. The normalized spacial score (nSPS) is 12.4. The molecule has 1 amide bonds. The molecule has 0 spiro atoms. The van der Waals surface area contributed by atoms with E-state index < -0.39 is 6.04 Å². The molecule has 2 aromatic carbocycles. The van der Waals surface area contributed by atoms with Gasteiger partial charge in [0.25, 0.3) is 0 Å². The van der Waals surface area contributed by atoms with E-state index in [0.29, 0.717) is 6.42 Å². The number of rotatable bonds is 4. The topological polar surface area (TPSA) is 55.1 Å². The first-order chi connectivity index (χ1) is 9.10. The van der Waals surface area contributed by atoms with E-state index in [4.69, 9.17) is 5.73 Å². The van der Waals surface area contributed by atoms with Gasteiger partial charge in [-0.1, -0.05) is 41.4 Å². The highest BCUT2D eigenvalue weighted by Gasteiger charge is 2.12. The predicted molar refractivity (Wildman–Crippen MR) is 83.2 cm³/mol. The third kappa shape index (κ3) is 3.55. The zero-order valence-corrected chi connectivity index (χ0v) is 12.4. The maximum atomic E-state index is 11.8. The number of carbonyl (C=O) groups is 1. The van der Waals surface area contributed by atoms with Gasteiger partial charge in [0.2, 0.25) is 5.91 Å². The Balaban J connectivity index is 2.17. The Labute approximate surface area is 121 Å². The standard InChI is InChI=1S/C15H17BrN2O/c1-2-3-14(17)15(19)18-13-7-5-10-8-12(16)6-4-11(10)9-13/h4-9,14H,2-3,17H2,1H3,(H,18,19). The lowest BCUT2D eigenvalue weighted by Crippen LogP contribution is -2.35. The van der Waals surface area contributed by atoms with Gasteiger partial charge in [-0.2, -0.15) is 0 Å². The van der Waals surface area contributed by atoms with Gasteiger partial charge in [0, 0.05) is 10.2 Å². The molecule has 1 unspecified atom stereocenters. The summed E-state index contributed by atoms with van der Waals surface area (Å²) in [5.41, 5.74) is 6.57. The highest BCUT2D eigenvalue weighted by atomic mass is 79.9. The van der Waals surface area contributed by atoms with Crippen LogP contribution in [0.25, 0.3) is 10.8 Å². The summed E-state index contributed by atoms with van der Waals surface area (Å²) >= 11 is 3.44. The molecule has 0 fully saturated rings. The van der Waals surface area contributed by atoms with Crippen LogP contribution in [0.15, 0.2) is 40.9 Å². The second kappa shape index (κ2) is 6.17. The van der Waals surface area contributed by atoms with Crippen LogP contribution >= 0.6 is 15.9 Å². The summed E-state index contributed by atoms with van der Waals surface area (Å²) in [7, 11) is 0. The van der Waals surface area contributed by atoms with E-state index in [1.54, 1.807) is 0 Å². The molecular formula is C15H17BrN2O. The largest absolute Gasteiger partial charge is 0.325 e. The molecule has 0 bridgehead atoms. The first-order valence-corrected chi connectivity index (χ1v) is 7.15. The Kier molecular flexibility index (Phi) is 4.56. The summed E-state index contributed by atoms with van der Waals surface area (Å²) in [5, 5.41) is 5.08. The summed E-state index contributed by atoms with van der Waals surface area (Å²) in [6.07, 6.45) is 1.60. The summed E-state index contributed by atoms with van der Waals surface area (Å²) in [6.45, 7) is 2.01. The quantitative estimate of drug-likeness (QED) is 0.903. The molecule has 0 aliphatic rings. The van der Waals surface area contributed by atoms with Gasteiger partial charge >= 0.3 is 0 Å². The van der Waals surface area contributed by atoms with Gasteiger partial charge in [-0.25, -0.2) is 0 Å². The number of hydrogen-bond donors (Lipinski definition) is 2. The number of fused-ring (bicyclic) bond motifs is 1. The van der Waals surface area contributed by atoms with Crippen molar-refractivity contribution in [3.8, 4) is 0 Å². The van der Waals surface area contributed by atoms with Crippen LogP contribution in [0, 0.1) is 0 Å². The van der Waals surface area contributed by atoms with Crippen LogP contribution in [0.4, 0.5) is 5.69 Å². The summed E-state index contributed by atoms with van der Waals surface area (Å²) in [4.78, 5) is 11.8. The highest BCUT2D eigenvalue weighted by Crippen LogP contribution is 2.23. The van der Waals surface area contributed by atoms with Crippen molar-refractivity contribution in [1.82, 2.24) is 0 Å². The van der Waals surface area contributed by atoms with Crippen LogP contribution in [0.2, 0.25) is 0 Å². The molecule has 0 radical (unpaired) electrons. The third-order valence-corrected chi connectivity index (χ3v) is 3.50. The predicted octanol–water partition coefficient (Wildman–Crippen LogP) is 3.67. The second-order valence-electron chi connectivity index (χ2n) is 4.59. The van der Waals surface area contributed by atoms with Crippen LogP contribution in [-0.2, 0) is 4.79 Å². The molecule has 4 heteroatoms. The number of nitrogens with two attached hydrogens (primary N) is 1. The fraction of sp³-hybridized carbons (Fsp3) is 0.267. The lowest BCUT2D eigenvalue weighted by Gasteiger charge is -2.11. The van der Waals surface area contributed by atoms with E-state index in [2.05, 4.69) is 21.2 Å². The van der Waals surface area contributed by atoms with Crippen molar-refractivity contribution in [2.75, 3.05) is 5.32 Å². The highest BCUT2D eigenvalue weighted by molar-refractivity contribution is 9.10. The van der Waals surface area contributed by atoms with Crippen molar-refractivity contribution >= 4 is 38.3 Å². The van der Waals surface area contributed by atoms with E-state index >= 15 is 0 Å². The Morgan fingerprint density at radius 1 is 1.26 bits per heavy atom. The minimum Gasteiger partial charge on any atom is -0.325 e. The fourth-order valence-corrected chi connectivity index (χ4v) is 2.35. The average molecular weight is 321 g/mol. The lowest BCUT2D eigenvalue weighted by atomic mass is 10.1. The van der Waals surface area contributed by atoms with Crippen LogP contribution in [0.3, 0.4) is 0 Å². The van der Waals surface area contributed by atoms with Crippen molar-refractivity contribution in [3.63, 3.8) is 0 Å². The summed E-state index contributed by atoms with van der Waals surface area (Å²) in [5.74, 6) is -0.127. The van der Waals surface area contributed by atoms with Crippen LogP contribution < -0.4 is 11.1 Å². The number of benzene rings is 2. The molecule has 0 aliphatic heterocycles. The first kappa shape index (κ1) is 14.0. The first-order valence-electron chi connectivity index (χ1n) is 6.36. The summed E-state index contributed by atoms with van der Waals surface area (Å²) in [6, 6.07) is 11.4. The second-order valence-corrected chi connectivity index (χ2v) is 5.51. The van der Waals surface area contributed by atoms with E-state index in [0.717, 1.165) is 27.4 Å². The number of halogens is 1. The summed E-state index contributed by atoms with van der Waals surface area (Å²) < 4.78 is 1.04. The van der Waals surface area contributed by atoms with Gasteiger partial charge in [-0.3, -0.25) is 4.79 Å². The molecular weight excluding hydrogens is 304 g/mol. The maximum absolute atomic E-state index is 11.8. The van der Waals surface area contributed by atoms with Crippen molar-refractivity contribution in [2.24, 2.45) is 5.73 Å². The van der Waals surface area contributed by atoms with Gasteiger partial charge in [0.05, 0.1) is 6.04 Å². The van der Waals surface area contributed by atoms with Gasteiger partial charge < -0.3 is 11.1 Å². The lowest BCUT2D eigenvalue weighted by molar-refractivity contribution is -0.117. The van der Waals surface area contributed by atoms with Gasteiger partial charge in [-0.15, -0.1) is 0 Å². The van der Waals surface area contributed by atoms with E-state index in [9.17, 15) is 4.79 Å². The monoisotopic (exact) mass is 320 g/mol. The van der Waals surface area contributed by atoms with Crippen molar-refractivity contribution < 1.29 is 4.79 Å². The Bertz CT molecular complexity index is 598. The number of hydrogen-bond acceptors (Lipinski definition) is 2. The smallest absolute Gasteiger partial charge is 0.241 e. The van der Waals surface area contributed by atoms with E-state index in [1.165, 1.54) is 0 Å². The molecule has 0 saturated heterocycles. The SMILES string of the molecule is CCCC(N)C(=O)Nc1ccc2cc(Br)ccc2c1. The maximum Gasteiger partial charge on any atom is 0.241 e. The molecule has 2 rings (SSSR count).